The number of benzene rings is 2. The Morgan fingerprint density at radius 2 is 1.62 bits per heavy atom. The van der Waals surface area contributed by atoms with Gasteiger partial charge in [0, 0.05) is 14.8 Å². The molecule has 82 valence electrons. The maximum atomic E-state index is 13.3. The van der Waals surface area contributed by atoms with Crippen LogP contribution < -0.4 is 0 Å². The summed E-state index contributed by atoms with van der Waals surface area (Å²) in [5.41, 5.74) is 0. The monoisotopic (exact) mass is 316 g/mol. The van der Waals surface area contributed by atoms with Crippen molar-refractivity contribution in [2.75, 3.05) is 0 Å². The number of hydrogen-bond donors (Lipinski definition) is 0. The average Bonchev–Trinajstić information content (AvgIpc) is 2.27. The van der Waals surface area contributed by atoms with Gasteiger partial charge in [0.1, 0.15) is 5.82 Å². The zero-order chi connectivity index (χ0) is 11.5. The first kappa shape index (κ1) is 12.0. The van der Waals surface area contributed by atoms with Gasteiger partial charge >= 0.3 is 0 Å². The number of halogens is 3. The first-order chi connectivity index (χ1) is 7.65. The van der Waals surface area contributed by atoms with E-state index in [0.717, 1.165) is 9.79 Å². The molecule has 0 N–H and O–H groups in total. The Morgan fingerprint density at radius 1 is 1.00 bits per heavy atom. The molecule has 16 heavy (non-hydrogen) atoms. The molecule has 0 spiro atoms. The number of hydrogen-bond acceptors (Lipinski definition) is 1. The zero-order valence-corrected chi connectivity index (χ0v) is 11.2. The van der Waals surface area contributed by atoms with E-state index in [1.54, 1.807) is 6.07 Å². The van der Waals surface area contributed by atoms with Crippen molar-refractivity contribution in [2.24, 2.45) is 0 Å². The molecule has 0 saturated heterocycles. The van der Waals surface area contributed by atoms with Gasteiger partial charge in [0.05, 0.1) is 4.47 Å². The van der Waals surface area contributed by atoms with Gasteiger partial charge in [-0.25, -0.2) is 4.39 Å². The van der Waals surface area contributed by atoms with Crippen molar-refractivity contribution in [3.63, 3.8) is 0 Å². The van der Waals surface area contributed by atoms with E-state index in [9.17, 15) is 4.39 Å². The Bertz CT molecular complexity index is 499. The second-order valence-electron chi connectivity index (χ2n) is 3.13. The highest BCUT2D eigenvalue weighted by Crippen LogP contribution is 2.30. The van der Waals surface area contributed by atoms with Gasteiger partial charge in [-0.1, -0.05) is 23.4 Å². The molecule has 0 aromatic heterocycles. The van der Waals surface area contributed by atoms with Crippen LogP contribution in [0.25, 0.3) is 0 Å². The summed E-state index contributed by atoms with van der Waals surface area (Å²) in [4.78, 5) is 1.90. The Hall–Kier alpha value is -0.510. The van der Waals surface area contributed by atoms with Gasteiger partial charge in [0.25, 0.3) is 0 Å². The van der Waals surface area contributed by atoms with Crippen LogP contribution in [0.1, 0.15) is 0 Å². The van der Waals surface area contributed by atoms with Crippen LogP contribution in [0.15, 0.2) is 56.7 Å². The Balaban J connectivity index is 2.20. The van der Waals surface area contributed by atoms with Crippen molar-refractivity contribution < 1.29 is 4.39 Å². The molecule has 4 heteroatoms. The van der Waals surface area contributed by atoms with E-state index in [1.165, 1.54) is 17.8 Å². The van der Waals surface area contributed by atoms with Gasteiger partial charge in [-0.2, -0.15) is 0 Å². The minimum atomic E-state index is -0.251. The lowest BCUT2D eigenvalue weighted by molar-refractivity contribution is 0.617. The summed E-state index contributed by atoms with van der Waals surface area (Å²) in [6, 6.07) is 12.5. The molecule has 0 aliphatic rings. The molecule has 0 amide bonds. The van der Waals surface area contributed by atoms with Crippen LogP contribution in [-0.4, -0.2) is 0 Å². The maximum absolute atomic E-state index is 13.3. The molecular formula is C12H7BrClFS. The molecule has 2 rings (SSSR count). The molecule has 2 aromatic carbocycles. The predicted octanol–water partition coefficient (Wildman–Crippen LogP) is 5.39. The van der Waals surface area contributed by atoms with Crippen molar-refractivity contribution in [2.45, 2.75) is 9.79 Å². The van der Waals surface area contributed by atoms with Crippen molar-refractivity contribution in [1.82, 2.24) is 0 Å². The molecule has 0 aliphatic carbocycles. The van der Waals surface area contributed by atoms with E-state index in [1.807, 2.05) is 30.3 Å². The molecule has 0 unspecified atom stereocenters. The second-order valence-corrected chi connectivity index (χ2v) is 5.57. The van der Waals surface area contributed by atoms with Crippen molar-refractivity contribution in [1.29, 1.82) is 0 Å². The van der Waals surface area contributed by atoms with E-state index in [0.29, 0.717) is 9.50 Å². The highest BCUT2D eigenvalue weighted by molar-refractivity contribution is 9.10. The third-order valence-corrected chi connectivity index (χ3v) is 3.83. The molecule has 0 heterocycles. The Kier molecular flexibility index (Phi) is 3.90. The summed E-state index contributed by atoms with van der Waals surface area (Å²) in [6.07, 6.45) is 0. The lowest BCUT2D eigenvalue weighted by Crippen LogP contribution is -1.79. The fourth-order valence-corrected chi connectivity index (χ4v) is 2.39. The van der Waals surface area contributed by atoms with E-state index < -0.39 is 0 Å². The molecule has 0 saturated carbocycles. The molecule has 0 bridgehead atoms. The summed E-state index contributed by atoms with van der Waals surface area (Å²) in [6.45, 7) is 0. The average molecular weight is 318 g/mol. The summed E-state index contributed by atoms with van der Waals surface area (Å²) >= 11 is 10.4. The van der Waals surface area contributed by atoms with Gasteiger partial charge < -0.3 is 0 Å². The lowest BCUT2D eigenvalue weighted by atomic mass is 10.3. The smallest absolute Gasteiger partial charge is 0.138 e. The second kappa shape index (κ2) is 5.21. The Morgan fingerprint density at radius 3 is 2.25 bits per heavy atom. The minimum absolute atomic E-state index is 0.251. The van der Waals surface area contributed by atoms with Crippen molar-refractivity contribution in [3.8, 4) is 0 Å². The minimum Gasteiger partial charge on any atom is -0.206 e. The topological polar surface area (TPSA) is 0 Å². The highest BCUT2D eigenvalue weighted by atomic mass is 79.9. The fourth-order valence-electron chi connectivity index (χ4n) is 1.18. The predicted molar refractivity (Wildman–Crippen MR) is 69.7 cm³/mol. The van der Waals surface area contributed by atoms with E-state index in [-0.39, 0.29) is 5.82 Å². The van der Waals surface area contributed by atoms with Crippen LogP contribution in [0.4, 0.5) is 4.39 Å². The van der Waals surface area contributed by atoms with E-state index >= 15 is 0 Å². The van der Waals surface area contributed by atoms with Gasteiger partial charge in [-0.05, 0) is 58.4 Å². The fraction of sp³-hybridized carbons (Fsp3) is 0. The van der Waals surface area contributed by atoms with Gasteiger partial charge in [-0.3, -0.25) is 0 Å². The first-order valence-corrected chi connectivity index (χ1v) is 6.52. The van der Waals surface area contributed by atoms with Crippen LogP contribution in [-0.2, 0) is 0 Å². The van der Waals surface area contributed by atoms with Crippen LogP contribution in [0.3, 0.4) is 0 Å². The van der Waals surface area contributed by atoms with Crippen molar-refractivity contribution >= 4 is 39.3 Å². The summed E-state index contributed by atoms with van der Waals surface area (Å²) < 4.78 is 13.7. The third-order valence-electron chi connectivity index (χ3n) is 1.94. The lowest BCUT2D eigenvalue weighted by Gasteiger charge is -2.02. The van der Waals surface area contributed by atoms with Gasteiger partial charge in [0.15, 0.2) is 0 Å². The summed E-state index contributed by atoms with van der Waals surface area (Å²) in [7, 11) is 0. The first-order valence-electron chi connectivity index (χ1n) is 4.53. The zero-order valence-electron chi connectivity index (χ0n) is 8.08. The molecule has 0 fully saturated rings. The largest absolute Gasteiger partial charge is 0.206 e. The molecule has 0 aliphatic heterocycles. The van der Waals surface area contributed by atoms with Crippen LogP contribution in [0.5, 0.6) is 0 Å². The molecule has 0 nitrogen and oxygen atoms in total. The van der Waals surface area contributed by atoms with Gasteiger partial charge in [-0.15, -0.1) is 0 Å². The van der Waals surface area contributed by atoms with Crippen LogP contribution >= 0.6 is 39.3 Å². The number of rotatable bonds is 2. The van der Waals surface area contributed by atoms with Crippen LogP contribution in [0.2, 0.25) is 5.02 Å². The summed E-state index contributed by atoms with van der Waals surface area (Å²) in [5.74, 6) is -0.251. The van der Waals surface area contributed by atoms with Crippen LogP contribution in [0, 0.1) is 5.82 Å². The molecular weight excluding hydrogens is 311 g/mol. The quantitative estimate of drug-likeness (QED) is 0.715. The van der Waals surface area contributed by atoms with E-state index in [4.69, 9.17) is 11.6 Å². The molecule has 0 radical (unpaired) electrons. The standard InChI is InChI=1S/C12H7BrClFS/c13-11-6-5-10(7-12(11)15)16-9-3-1-8(14)2-4-9/h1-7H. The Labute approximate surface area is 111 Å². The third kappa shape index (κ3) is 3.00. The van der Waals surface area contributed by atoms with E-state index in [2.05, 4.69) is 15.9 Å². The molecule has 2 aromatic rings. The normalized spacial score (nSPS) is 10.4. The molecule has 0 atom stereocenters. The maximum Gasteiger partial charge on any atom is 0.138 e. The SMILES string of the molecule is Fc1cc(Sc2ccc(Cl)cc2)ccc1Br. The summed E-state index contributed by atoms with van der Waals surface area (Å²) in [5, 5.41) is 0.700. The van der Waals surface area contributed by atoms with Gasteiger partial charge in [0.2, 0.25) is 0 Å². The van der Waals surface area contributed by atoms with Crippen molar-refractivity contribution in [3.05, 3.63) is 57.8 Å². The highest BCUT2D eigenvalue weighted by Gasteiger charge is 2.02.